The van der Waals surface area contributed by atoms with E-state index in [1.54, 1.807) is 0 Å². The van der Waals surface area contributed by atoms with Gasteiger partial charge in [0.2, 0.25) is 5.88 Å². The number of pyridine rings is 1. The van der Waals surface area contributed by atoms with Crippen molar-refractivity contribution in [1.82, 2.24) is 4.98 Å². The summed E-state index contributed by atoms with van der Waals surface area (Å²) in [4.78, 5) is 14.8. The second-order valence-electron chi connectivity index (χ2n) is 2.80. The fourth-order valence-corrected chi connectivity index (χ4v) is 1.25. The minimum atomic E-state index is 0.407. The minimum absolute atomic E-state index is 0.407. The molecule has 1 rings (SSSR count). The van der Waals surface area contributed by atoms with Crippen LogP contribution >= 0.6 is 0 Å². The molecule has 1 aromatic heterocycles. The molecule has 1 aromatic rings. The smallest absolute Gasteiger partial charge is 0.224 e. The van der Waals surface area contributed by atoms with E-state index in [1.165, 1.54) is 7.11 Å². The second-order valence-corrected chi connectivity index (χ2v) is 2.80. The molecule has 3 heteroatoms. The van der Waals surface area contributed by atoms with Crippen molar-refractivity contribution in [3.63, 3.8) is 0 Å². The summed E-state index contributed by atoms with van der Waals surface area (Å²) in [5, 5.41) is 0. The molecule has 0 N–H and O–H groups in total. The van der Waals surface area contributed by atoms with Crippen LogP contribution in [0.3, 0.4) is 0 Å². The van der Waals surface area contributed by atoms with Crippen molar-refractivity contribution in [2.45, 2.75) is 20.3 Å². The number of aldehydes is 1. The zero-order chi connectivity index (χ0) is 9.84. The number of methoxy groups -OCH3 is 1. The number of aromatic nitrogens is 1. The van der Waals surface area contributed by atoms with Gasteiger partial charge in [-0.25, -0.2) is 4.98 Å². The Morgan fingerprint density at radius 3 is 2.77 bits per heavy atom. The topological polar surface area (TPSA) is 39.2 Å². The lowest BCUT2D eigenvalue weighted by atomic mass is 10.1. The molecule has 0 aliphatic rings. The van der Waals surface area contributed by atoms with E-state index in [4.69, 9.17) is 4.74 Å². The number of carbonyl (C=O) groups is 1. The lowest BCUT2D eigenvalue weighted by Crippen LogP contribution is -1.99. The third kappa shape index (κ3) is 1.86. The Labute approximate surface area is 77.8 Å². The summed E-state index contributed by atoms with van der Waals surface area (Å²) in [5.74, 6) is 0.407. The zero-order valence-electron chi connectivity index (χ0n) is 8.13. The minimum Gasteiger partial charge on any atom is -0.480 e. The fraction of sp³-hybridized carbons (Fsp3) is 0.400. The molecule has 13 heavy (non-hydrogen) atoms. The predicted octanol–water partition coefficient (Wildman–Crippen LogP) is 1.77. The van der Waals surface area contributed by atoms with Gasteiger partial charge >= 0.3 is 0 Å². The molecule has 70 valence electrons. The van der Waals surface area contributed by atoms with Gasteiger partial charge < -0.3 is 4.74 Å². The molecule has 0 saturated heterocycles. The first-order valence-corrected chi connectivity index (χ1v) is 4.22. The highest BCUT2D eigenvalue weighted by Gasteiger charge is 2.07. The average Bonchev–Trinajstić information content (AvgIpc) is 2.17. The summed E-state index contributed by atoms with van der Waals surface area (Å²) in [6.45, 7) is 3.95. The Morgan fingerprint density at radius 1 is 1.62 bits per heavy atom. The van der Waals surface area contributed by atoms with Gasteiger partial charge in [-0.2, -0.15) is 0 Å². The Bertz CT molecular complexity index is 321. The van der Waals surface area contributed by atoms with Crippen LogP contribution in [0.5, 0.6) is 5.88 Å². The van der Waals surface area contributed by atoms with Crippen molar-refractivity contribution in [2.24, 2.45) is 0 Å². The summed E-state index contributed by atoms with van der Waals surface area (Å²) in [6, 6.07) is 1.83. The van der Waals surface area contributed by atoms with Gasteiger partial charge in [0.15, 0.2) is 6.29 Å². The number of rotatable bonds is 3. The molecule has 0 aliphatic carbocycles. The van der Waals surface area contributed by atoms with Gasteiger partial charge in [-0.05, 0) is 25.0 Å². The van der Waals surface area contributed by atoms with Crippen LogP contribution in [0.2, 0.25) is 0 Å². The van der Waals surface area contributed by atoms with Crippen molar-refractivity contribution in [1.29, 1.82) is 0 Å². The first kappa shape index (κ1) is 9.71. The quantitative estimate of drug-likeness (QED) is 0.664. The number of ether oxygens (including phenoxy) is 1. The predicted molar refractivity (Wildman–Crippen MR) is 50.3 cm³/mol. The molecule has 0 amide bonds. The van der Waals surface area contributed by atoms with Gasteiger partial charge in [-0.1, -0.05) is 6.92 Å². The lowest BCUT2D eigenvalue weighted by molar-refractivity contribution is 0.112. The molecule has 0 atom stereocenters. The summed E-state index contributed by atoms with van der Waals surface area (Å²) >= 11 is 0. The molecule has 0 fully saturated rings. The highest BCUT2D eigenvalue weighted by atomic mass is 16.5. The summed E-state index contributed by atoms with van der Waals surface area (Å²) in [7, 11) is 1.51. The molecule has 0 saturated carbocycles. The molecule has 0 unspecified atom stereocenters. The number of aryl methyl sites for hydroxylation is 2. The monoisotopic (exact) mass is 179 g/mol. The average molecular weight is 179 g/mol. The molecule has 0 spiro atoms. The third-order valence-electron chi connectivity index (χ3n) is 2.01. The van der Waals surface area contributed by atoms with Gasteiger partial charge in [0, 0.05) is 5.69 Å². The van der Waals surface area contributed by atoms with Gasteiger partial charge in [-0.3, -0.25) is 4.79 Å². The molecule has 0 radical (unpaired) electrons. The van der Waals surface area contributed by atoms with E-state index < -0.39 is 0 Å². The first-order chi connectivity index (χ1) is 6.22. The van der Waals surface area contributed by atoms with E-state index in [-0.39, 0.29) is 0 Å². The van der Waals surface area contributed by atoms with E-state index in [0.717, 1.165) is 24.0 Å². The van der Waals surface area contributed by atoms with Crippen LogP contribution in [0.15, 0.2) is 6.07 Å². The van der Waals surface area contributed by atoms with E-state index in [1.807, 2.05) is 19.9 Å². The summed E-state index contributed by atoms with van der Waals surface area (Å²) < 4.78 is 4.97. The van der Waals surface area contributed by atoms with Crippen LogP contribution in [0.1, 0.15) is 28.5 Å². The molecule has 0 bridgehead atoms. The Kier molecular flexibility index (Phi) is 3.01. The van der Waals surface area contributed by atoms with Crippen LogP contribution < -0.4 is 4.74 Å². The van der Waals surface area contributed by atoms with E-state index in [0.29, 0.717) is 11.4 Å². The van der Waals surface area contributed by atoms with Crippen LogP contribution in [0, 0.1) is 6.92 Å². The van der Waals surface area contributed by atoms with E-state index in [9.17, 15) is 4.79 Å². The van der Waals surface area contributed by atoms with Gasteiger partial charge in [0.25, 0.3) is 0 Å². The summed E-state index contributed by atoms with van der Waals surface area (Å²) in [5.41, 5.74) is 2.53. The Hall–Kier alpha value is -1.38. The number of hydrogen-bond acceptors (Lipinski definition) is 3. The standard InChI is InChI=1S/C10H13NO2/c1-4-8-5-9(6-12)10(13-3)11-7(8)2/h5-6H,4H2,1-3H3. The third-order valence-corrected chi connectivity index (χ3v) is 2.01. The molecule has 0 aliphatic heterocycles. The van der Waals surface area contributed by atoms with Crippen LogP contribution in [0.4, 0.5) is 0 Å². The maximum Gasteiger partial charge on any atom is 0.224 e. The fourth-order valence-electron chi connectivity index (χ4n) is 1.25. The Morgan fingerprint density at radius 2 is 2.31 bits per heavy atom. The zero-order valence-corrected chi connectivity index (χ0v) is 8.13. The van der Waals surface area contributed by atoms with Gasteiger partial charge in [0.05, 0.1) is 12.7 Å². The van der Waals surface area contributed by atoms with Crippen molar-refractivity contribution >= 4 is 6.29 Å². The molecular formula is C10H13NO2. The number of nitrogens with zero attached hydrogens (tertiary/aromatic N) is 1. The lowest BCUT2D eigenvalue weighted by Gasteiger charge is -2.07. The van der Waals surface area contributed by atoms with Crippen molar-refractivity contribution in [3.05, 3.63) is 22.9 Å². The maximum atomic E-state index is 10.6. The van der Waals surface area contributed by atoms with Gasteiger partial charge in [0.1, 0.15) is 0 Å². The molecule has 0 aromatic carbocycles. The van der Waals surface area contributed by atoms with Gasteiger partial charge in [-0.15, -0.1) is 0 Å². The van der Waals surface area contributed by atoms with Crippen LogP contribution in [0.25, 0.3) is 0 Å². The number of carbonyl (C=O) groups excluding carboxylic acids is 1. The van der Waals surface area contributed by atoms with Crippen LogP contribution in [-0.2, 0) is 6.42 Å². The first-order valence-electron chi connectivity index (χ1n) is 4.22. The Balaban J connectivity index is 3.26. The van der Waals surface area contributed by atoms with Crippen molar-refractivity contribution in [2.75, 3.05) is 7.11 Å². The molecular weight excluding hydrogens is 166 g/mol. The van der Waals surface area contributed by atoms with Crippen molar-refractivity contribution < 1.29 is 9.53 Å². The molecule has 1 heterocycles. The SMILES string of the molecule is CCc1cc(C=O)c(OC)nc1C. The van der Waals surface area contributed by atoms with Crippen LogP contribution in [-0.4, -0.2) is 18.4 Å². The van der Waals surface area contributed by atoms with Crippen molar-refractivity contribution in [3.8, 4) is 5.88 Å². The number of hydrogen-bond donors (Lipinski definition) is 0. The second kappa shape index (κ2) is 4.03. The maximum absolute atomic E-state index is 10.6. The van der Waals surface area contributed by atoms with E-state index >= 15 is 0 Å². The summed E-state index contributed by atoms with van der Waals surface area (Å²) in [6.07, 6.45) is 1.65. The normalized spacial score (nSPS) is 9.77. The highest BCUT2D eigenvalue weighted by Crippen LogP contribution is 2.17. The highest BCUT2D eigenvalue weighted by molar-refractivity contribution is 5.78. The largest absolute Gasteiger partial charge is 0.480 e. The molecule has 3 nitrogen and oxygen atoms in total. The van der Waals surface area contributed by atoms with E-state index in [2.05, 4.69) is 4.98 Å².